The fourth-order valence-electron chi connectivity index (χ4n) is 8.83. The highest BCUT2D eigenvalue weighted by atomic mass is 19.4. The SMILES string of the molecule is COC(=O)[C@@]12OC[C@]34C([C@@H](O)[C@@H]1O)[C@@]1(C)CC(=O)C(OC(=O)C[C@@H](N)C(F)(F)F)=C(C)[C@@H]1C[C@H]3OC(=O)[C@H](OC(=O)C=C(C)C)[C@@H]24. The van der Waals surface area contributed by atoms with Crippen LogP contribution in [0.5, 0.6) is 0 Å². The van der Waals surface area contributed by atoms with Gasteiger partial charge < -0.3 is 39.6 Å². The molecule has 3 aliphatic carbocycles. The largest absolute Gasteiger partial charge is 0.467 e. The monoisotopic (exact) mass is 659 g/mol. The first-order valence-corrected chi connectivity index (χ1v) is 14.7. The van der Waals surface area contributed by atoms with Crippen LogP contribution in [0, 0.1) is 28.6 Å². The number of hydrogen-bond donors (Lipinski definition) is 3. The van der Waals surface area contributed by atoms with E-state index in [0.29, 0.717) is 5.57 Å². The Morgan fingerprint density at radius 2 is 1.83 bits per heavy atom. The van der Waals surface area contributed by atoms with E-state index in [4.69, 9.17) is 29.4 Å². The Kier molecular flexibility index (Phi) is 8.23. The standard InChI is InChI=1S/C30H36F3NO12/c1-11(2)6-17(36)46-21-23-28-10-43-29(23,26(41)42-5)24(39)19(38)22(28)27(4)9-14(35)20(45-18(37)8-15(34)30(31,32)33)12(3)13(27)7-16(28)44-25(21)40/h6,13,15-16,19,21-24,38-39H,7-10,34H2,1-5H3/t13-,15+,16+,19+,21+,22?,23+,24-,27-,28+,29-/m0/s1. The number of alkyl halides is 3. The lowest BCUT2D eigenvalue weighted by Gasteiger charge is -2.67. The Morgan fingerprint density at radius 1 is 1.17 bits per heavy atom. The number of rotatable bonds is 6. The van der Waals surface area contributed by atoms with Crippen LogP contribution < -0.4 is 5.73 Å². The second-order valence-electron chi connectivity index (χ2n) is 13.3. The van der Waals surface area contributed by atoms with Gasteiger partial charge in [-0.25, -0.2) is 14.4 Å². The Hall–Kier alpha value is -3.34. The van der Waals surface area contributed by atoms with Gasteiger partial charge in [-0.1, -0.05) is 12.5 Å². The van der Waals surface area contributed by atoms with Crippen molar-refractivity contribution in [1.29, 1.82) is 0 Å². The highest BCUT2D eigenvalue weighted by Crippen LogP contribution is 2.72. The normalized spacial score (nSPS) is 40.2. The zero-order chi connectivity index (χ0) is 34.3. The van der Waals surface area contributed by atoms with E-state index in [1.807, 2.05) is 0 Å². The summed E-state index contributed by atoms with van der Waals surface area (Å²) in [4.78, 5) is 65.8. The molecule has 2 saturated heterocycles. The molecule has 0 aromatic rings. The minimum atomic E-state index is -4.88. The van der Waals surface area contributed by atoms with Gasteiger partial charge in [0.25, 0.3) is 0 Å². The van der Waals surface area contributed by atoms with Gasteiger partial charge in [-0.15, -0.1) is 0 Å². The van der Waals surface area contributed by atoms with Gasteiger partial charge in [0.1, 0.15) is 18.2 Å². The van der Waals surface area contributed by atoms with Crippen molar-refractivity contribution < 1.29 is 71.0 Å². The molecular formula is C30H36F3NO12. The molecule has 4 fully saturated rings. The third-order valence-corrected chi connectivity index (χ3v) is 10.5. The molecule has 0 radical (unpaired) electrons. The van der Waals surface area contributed by atoms with Gasteiger partial charge in [0.05, 0.1) is 32.2 Å². The number of aliphatic hydroxyl groups excluding tert-OH is 2. The number of methoxy groups -OCH3 is 1. The Labute approximate surface area is 261 Å². The lowest BCUT2D eigenvalue weighted by Crippen LogP contribution is -2.79. The minimum absolute atomic E-state index is 0.0600. The summed E-state index contributed by atoms with van der Waals surface area (Å²) in [5.74, 6) is -9.07. The third-order valence-electron chi connectivity index (χ3n) is 10.5. The fourth-order valence-corrected chi connectivity index (χ4v) is 8.83. The number of halogens is 3. The molecule has 2 bridgehead atoms. The summed E-state index contributed by atoms with van der Waals surface area (Å²) in [6.07, 6.45) is -12.2. The molecule has 1 unspecified atom stereocenters. The van der Waals surface area contributed by atoms with Crippen LogP contribution in [0.1, 0.15) is 47.0 Å². The molecule has 1 spiro atoms. The van der Waals surface area contributed by atoms with Crippen molar-refractivity contribution in [3.63, 3.8) is 0 Å². The number of allylic oxidation sites excluding steroid dienone is 3. The lowest BCUT2D eigenvalue weighted by molar-refractivity contribution is -0.290. The van der Waals surface area contributed by atoms with Gasteiger partial charge in [-0.2, -0.15) is 13.2 Å². The first-order chi connectivity index (χ1) is 21.3. The van der Waals surface area contributed by atoms with Crippen LogP contribution in [0.2, 0.25) is 0 Å². The summed E-state index contributed by atoms with van der Waals surface area (Å²) in [6.45, 7) is 5.94. The molecular weight excluding hydrogens is 623 g/mol. The molecule has 2 saturated carbocycles. The second kappa shape index (κ2) is 11.1. The quantitative estimate of drug-likeness (QED) is 0.206. The van der Waals surface area contributed by atoms with Crippen LogP contribution in [-0.2, 0) is 47.7 Å². The predicted octanol–water partition coefficient (Wildman–Crippen LogP) is 0.782. The van der Waals surface area contributed by atoms with Gasteiger partial charge in [0, 0.05) is 23.8 Å². The zero-order valence-corrected chi connectivity index (χ0v) is 25.7. The van der Waals surface area contributed by atoms with E-state index in [0.717, 1.165) is 13.2 Å². The summed E-state index contributed by atoms with van der Waals surface area (Å²) < 4.78 is 66.4. The third kappa shape index (κ3) is 4.70. The van der Waals surface area contributed by atoms with E-state index in [1.165, 1.54) is 6.92 Å². The molecule has 4 N–H and O–H groups in total. The molecule has 11 atom stereocenters. The van der Waals surface area contributed by atoms with Gasteiger partial charge in [0.15, 0.2) is 11.5 Å². The zero-order valence-electron chi connectivity index (χ0n) is 25.7. The van der Waals surface area contributed by atoms with Crippen LogP contribution in [0.3, 0.4) is 0 Å². The van der Waals surface area contributed by atoms with Gasteiger partial charge >= 0.3 is 30.1 Å². The van der Waals surface area contributed by atoms with Crippen molar-refractivity contribution in [3.8, 4) is 0 Å². The first-order valence-electron chi connectivity index (χ1n) is 14.7. The molecule has 0 aromatic heterocycles. The molecule has 0 aromatic carbocycles. The summed E-state index contributed by atoms with van der Waals surface area (Å²) in [6, 6.07) is -2.52. The summed E-state index contributed by atoms with van der Waals surface area (Å²) >= 11 is 0. The molecule has 0 amide bonds. The Balaban J connectivity index is 1.61. The molecule has 5 aliphatic rings. The maximum atomic E-state index is 13.6. The van der Waals surface area contributed by atoms with E-state index in [1.54, 1.807) is 20.8 Å². The summed E-state index contributed by atoms with van der Waals surface area (Å²) in [5, 5.41) is 23.5. The van der Waals surface area contributed by atoms with Crippen molar-refractivity contribution in [2.45, 2.75) is 89.2 Å². The lowest BCUT2D eigenvalue weighted by atomic mass is 9.38. The van der Waals surface area contributed by atoms with E-state index in [-0.39, 0.29) is 18.6 Å². The number of Topliss-reactive ketones (excluding diaryl/α,β-unsaturated/α-hetero) is 1. The predicted molar refractivity (Wildman–Crippen MR) is 145 cm³/mol. The summed E-state index contributed by atoms with van der Waals surface area (Å²) in [7, 11) is 1.02. The molecule has 13 nitrogen and oxygen atoms in total. The first kappa shape index (κ1) is 34.0. The number of ketones is 1. The molecule has 5 rings (SSSR count). The van der Waals surface area contributed by atoms with Gasteiger partial charge in [0.2, 0.25) is 11.7 Å². The van der Waals surface area contributed by atoms with Crippen molar-refractivity contribution in [2.75, 3.05) is 13.7 Å². The van der Waals surface area contributed by atoms with Crippen LogP contribution in [0.15, 0.2) is 23.0 Å². The van der Waals surface area contributed by atoms with Gasteiger partial charge in [-0.3, -0.25) is 9.59 Å². The number of carbonyl (C=O) groups is 5. The van der Waals surface area contributed by atoms with E-state index < -0.39 is 119 Å². The summed E-state index contributed by atoms with van der Waals surface area (Å²) in [5.41, 5.74) is 0.625. The number of aliphatic hydroxyl groups is 2. The molecule has 46 heavy (non-hydrogen) atoms. The Morgan fingerprint density at radius 3 is 2.41 bits per heavy atom. The smallest absolute Gasteiger partial charge is 0.404 e. The number of ether oxygens (including phenoxy) is 5. The number of hydrogen-bond acceptors (Lipinski definition) is 13. The van der Waals surface area contributed by atoms with Crippen molar-refractivity contribution in [3.05, 3.63) is 23.0 Å². The van der Waals surface area contributed by atoms with Crippen molar-refractivity contribution >= 4 is 29.7 Å². The topological polar surface area (TPSA) is 198 Å². The highest BCUT2D eigenvalue weighted by molar-refractivity contribution is 5.98. The second-order valence-corrected chi connectivity index (χ2v) is 13.3. The molecule has 254 valence electrons. The molecule has 16 heteroatoms. The van der Waals surface area contributed by atoms with E-state index >= 15 is 0 Å². The fraction of sp³-hybridized carbons (Fsp3) is 0.700. The Bertz CT molecular complexity index is 1440. The van der Waals surface area contributed by atoms with Crippen LogP contribution >= 0.6 is 0 Å². The maximum absolute atomic E-state index is 13.6. The molecule has 2 aliphatic heterocycles. The van der Waals surface area contributed by atoms with Crippen LogP contribution in [0.25, 0.3) is 0 Å². The highest BCUT2D eigenvalue weighted by Gasteiger charge is 2.85. The average molecular weight is 660 g/mol. The number of fused-ring (bicyclic) bond motifs is 2. The average Bonchev–Trinajstić information content (AvgIpc) is 3.25. The number of esters is 4. The van der Waals surface area contributed by atoms with Crippen LogP contribution in [-0.4, -0.2) is 95.8 Å². The van der Waals surface area contributed by atoms with Crippen LogP contribution in [0.4, 0.5) is 13.2 Å². The van der Waals surface area contributed by atoms with Gasteiger partial charge in [-0.05, 0) is 44.1 Å². The van der Waals surface area contributed by atoms with Crippen molar-refractivity contribution in [2.24, 2.45) is 34.3 Å². The van der Waals surface area contributed by atoms with E-state index in [9.17, 15) is 47.4 Å². The number of nitrogens with two attached hydrogens (primary N) is 1. The number of carbonyl (C=O) groups excluding carboxylic acids is 5. The maximum Gasteiger partial charge on any atom is 0.404 e. The van der Waals surface area contributed by atoms with E-state index in [2.05, 4.69) is 0 Å². The minimum Gasteiger partial charge on any atom is -0.467 e. The molecule has 2 heterocycles. The van der Waals surface area contributed by atoms with Crippen molar-refractivity contribution in [1.82, 2.24) is 0 Å².